The van der Waals surface area contributed by atoms with Crippen LogP contribution < -0.4 is 0 Å². The van der Waals surface area contributed by atoms with Crippen molar-refractivity contribution in [2.75, 3.05) is 0 Å². The molecule has 0 aliphatic carbocycles. The molecule has 1 aromatic carbocycles. The van der Waals surface area contributed by atoms with E-state index in [4.69, 9.17) is 0 Å². The van der Waals surface area contributed by atoms with Crippen LogP contribution in [-0.4, -0.2) is 15.6 Å². The Morgan fingerprint density at radius 1 is 1.13 bits per heavy atom. The molecule has 0 atom stereocenters. The normalized spacial score (nSPS) is 11.4. The zero-order chi connectivity index (χ0) is 17.3. The topological polar surface area (TPSA) is 34.9 Å². The van der Waals surface area contributed by atoms with E-state index in [0.29, 0.717) is 23.2 Å². The van der Waals surface area contributed by atoms with Gasteiger partial charge in [0.05, 0.1) is 16.2 Å². The van der Waals surface area contributed by atoms with E-state index in [1.807, 2.05) is 0 Å². The van der Waals surface area contributed by atoms with Gasteiger partial charge in [-0.1, -0.05) is 0 Å². The monoisotopic (exact) mass is 394 g/mol. The van der Waals surface area contributed by atoms with Gasteiger partial charge in [0.15, 0.2) is 23.3 Å². The van der Waals surface area contributed by atoms with Gasteiger partial charge in [-0.05, 0) is 35.0 Å². The van der Waals surface area contributed by atoms with Crippen molar-refractivity contribution in [3.05, 3.63) is 57.1 Å². The summed E-state index contributed by atoms with van der Waals surface area (Å²) in [5, 5.41) is 3.88. The predicted octanol–water partition coefficient (Wildman–Crippen LogP) is 4.26. The molecule has 9 heteroatoms. The Morgan fingerprint density at radius 3 is 2.17 bits per heavy atom. The third kappa shape index (κ3) is 3.05. The molecule has 1 aromatic heterocycles. The van der Waals surface area contributed by atoms with Crippen molar-refractivity contribution in [3.8, 4) is 0 Å². The van der Waals surface area contributed by atoms with E-state index < -0.39 is 40.4 Å². The number of allylic oxidation sites excluding steroid dienone is 1. The smallest absolute Gasteiger partial charge is 0.205 e. The standard InChI is InChI=1S/C14H8BrF5N2O/c1-2-22-14(7(15)5-21-22)8(23)4-3-6-9(16)11(18)13(20)12(19)10(6)17/h3-5H,2H2,1H3/b4-3+. The molecule has 0 saturated carbocycles. The first-order chi connectivity index (χ1) is 10.8. The second-order valence-electron chi connectivity index (χ2n) is 4.34. The minimum absolute atomic E-state index is 0.0904. The quantitative estimate of drug-likeness (QED) is 0.255. The largest absolute Gasteiger partial charge is 0.288 e. The number of benzene rings is 1. The number of carbonyl (C=O) groups excluding carboxylic acids is 1. The molecule has 0 saturated heterocycles. The second-order valence-corrected chi connectivity index (χ2v) is 5.19. The molecule has 3 nitrogen and oxygen atoms in total. The number of ketones is 1. The van der Waals surface area contributed by atoms with Crippen molar-refractivity contribution in [1.82, 2.24) is 9.78 Å². The van der Waals surface area contributed by atoms with E-state index in [0.717, 1.165) is 0 Å². The molecule has 2 rings (SSSR count). The van der Waals surface area contributed by atoms with E-state index in [-0.39, 0.29) is 5.69 Å². The summed E-state index contributed by atoms with van der Waals surface area (Å²) >= 11 is 3.09. The van der Waals surface area contributed by atoms with Crippen LogP contribution in [0.1, 0.15) is 23.0 Å². The zero-order valence-corrected chi connectivity index (χ0v) is 13.1. The lowest BCUT2D eigenvalue weighted by Gasteiger charge is -2.04. The molecule has 0 N–H and O–H groups in total. The summed E-state index contributed by atoms with van der Waals surface area (Å²) in [5.74, 6) is -11.1. The van der Waals surface area contributed by atoms with Gasteiger partial charge < -0.3 is 0 Å². The zero-order valence-electron chi connectivity index (χ0n) is 11.5. The van der Waals surface area contributed by atoms with Crippen molar-refractivity contribution >= 4 is 27.8 Å². The number of rotatable bonds is 4. The Morgan fingerprint density at radius 2 is 1.65 bits per heavy atom. The van der Waals surface area contributed by atoms with Crippen LogP contribution in [0.15, 0.2) is 16.7 Å². The predicted molar refractivity (Wildman–Crippen MR) is 75.2 cm³/mol. The van der Waals surface area contributed by atoms with Gasteiger partial charge in [-0.15, -0.1) is 0 Å². The molecule has 0 aliphatic heterocycles. The first-order valence-corrected chi connectivity index (χ1v) is 7.04. The second kappa shape index (κ2) is 6.61. The average Bonchev–Trinajstić information content (AvgIpc) is 2.91. The van der Waals surface area contributed by atoms with E-state index in [1.165, 1.54) is 10.9 Å². The van der Waals surface area contributed by atoms with Crippen molar-refractivity contribution in [3.63, 3.8) is 0 Å². The number of halogens is 6. The Kier molecular flexibility index (Phi) is 4.98. The fourth-order valence-corrected chi connectivity index (χ4v) is 2.35. The van der Waals surface area contributed by atoms with Crippen LogP contribution in [0.4, 0.5) is 22.0 Å². The summed E-state index contributed by atoms with van der Waals surface area (Å²) in [6.07, 6.45) is 2.60. The van der Waals surface area contributed by atoms with Crippen LogP contribution in [0.2, 0.25) is 0 Å². The van der Waals surface area contributed by atoms with E-state index >= 15 is 0 Å². The first kappa shape index (κ1) is 17.3. The summed E-state index contributed by atoms with van der Waals surface area (Å²) in [6.45, 7) is 2.06. The van der Waals surface area contributed by atoms with Gasteiger partial charge in [0.1, 0.15) is 5.69 Å². The molecule has 0 fully saturated rings. The van der Waals surface area contributed by atoms with E-state index in [2.05, 4.69) is 21.0 Å². The van der Waals surface area contributed by atoms with Crippen molar-refractivity contribution in [2.24, 2.45) is 0 Å². The van der Waals surface area contributed by atoms with Crippen LogP contribution >= 0.6 is 15.9 Å². The van der Waals surface area contributed by atoms with E-state index in [9.17, 15) is 26.7 Å². The van der Waals surface area contributed by atoms with Gasteiger partial charge in [0.2, 0.25) is 11.6 Å². The number of aromatic nitrogens is 2. The fraction of sp³-hybridized carbons (Fsp3) is 0.143. The average molecular weight is 395 g/mol. The van der Waals surface area contributed by atoms with Gasteiger partial charge >= 0.3 is 0 Å². The van der Waals surface area contributed by atoms with E-state index in [1.54, 1.807) is 6.92 Å². The highest BCUT2D eigenvalue weighted by molar-refractivity contribution is 9.10. The third-order valence-corrected chi connectivity index (χ3v) is 3.55. The van der Waals surface area contributed by atoms with Gasteiger partial charge in [-0.2, -0.15) is 5.10 Å². The number of hydrogen-bond acceptors (Lipinski definition) is 2. The Bertz CT molecular complexity index is 787. The summed E-state index contributed by atoms with van der Waals surface area (Å²) in [6, 6.07) is 0. The van der Waals surface area contributed by atoms with Gasteiger partial charge in [0.25, 0.3) is 0 Å². The lowest BCUT2D eigenvalue weighted by molar-refractivity contribution is 0.103. The maximum Gasteiger partial charge on any atom is 0.205 e. The van der Waals surface area contributed by atoms with Crippen LogP contribution in [0.3, 0.4) is 0 Å². The minimum Gasteiger partial charge on any atom is -0.288 e. The maximum absolute atomic E-state index is 13.5. The molecular weight excluding hydrogens is 387 g/mol. The lowest BCUT2D eigenvalue weighted by atomic mass is 10.1. The first-order valence-electron chi connectivity index (χ1n) is 6.24. The molecule has 0 unspecified atom stereocenters. The maximum atomic E-state index is 13.5. The molecule has 0 aliphatic rings. The third-order valence-electron chi connectivity index (χ3n) is 2.97. The Balaban J connectivity index is 2.45. The summed E-state index contributed by atoms with van der Waals surface area (Å²) in [7, 11) is 0. The SMILES string of the molecule is CCn1ncc(Br)c1C(=O)/C=C/c1c(F)c(F)c(F)c(F)c1F. The Hall–Kier alpha value is -2.03. The lowest BCUT2D eigenvalue weighted by Crippen LogP contribution is -2.08. The van der Waals surface area contributed by atoms with Crippen LogP contribution in [0, 0.1) is 29.1 Å². The molecule has 0 radical (unpaired) electrons. The highest BCUT2D eigenvalue weighted by Crippen LogP contribution is 2.24. The molecule has 0 amide bonds. The number of aryl methyl sites for hydroxylation is 1. The molecule has 2 aromatic rings. The van der Waals surface area contributed by atoms with Crippen molar-refractivity contribution in [1.29, 1.82) is 0 Å². The number of carbonyl (C=O) groups is 1. The molecule has 1 heterocycles. The molecule has 23 heavy (non-hydrogen) atoms. The van der Waals surface area contributed by atoms with Gasteiger partial charge in [-0.3, -0.25) is 9.48 Å². The number of hydrogen-bond donors (Lipinski definition) is 0. The van der Waals surface area contributed by atoms with Crippen LogP contribution in [0.25, 0.3) is 6.08 Å². The summed E-state index contributed by atoms with van der Waals surface area (Å²) < 4.78 is 67.8. The molecular formula is C14H8BrF5N2O. The van der Waals surface area contributed by atoms with Gasteiger partial charge in [0, 0.05) is 6.54 Å². The highest BCUT2D eigenvalue weighted by Gasteiger charge is 2.24. The van der Waals surface area contributed by atoms with Crippen LogP contribution in [0.5, 0.6) is 0 Å². The van der Waals surface area contributed by atoms with Gasteiger partial charge in [-0.25, -0.2) is 22.0 Å². The van der Waals surface area contributed by atoms with Crippen molar-refractivity contribution in [2.45, 2.75) is 13.5 Å². The van der Waals surface area contributed by atoms with Crippen molar-refractivity contribution < 1.29 is 26.7 Å². The minimum atomic E-state index is -2.25. The Labute approximate surface area is 135 Å². The van der Waals surface area contributed by atoms with Crippen LogP contribution in [-0.2, 0) is 6.54 Å². The fourth-order valence-electron chi connectivity index (χ4n) is 1.85. The molecule has 0 bridgehead atoms. The summed E-state index contributed by atoms with van der Waals surface area (Å²) in [5.41, 5.74) is -1.10. The molecule has 0 spiro atoms. The highest BCUT2D eigenvalue weighted by atomic mass is 79.9. The number of nitrogens with zero attached hydrogens (tertiary/aromatic N) is 2. The summed E-state index contributed by atoms with van der Waals surface area (Å²) in [4.78, 5) is 12.1. The molecule has 122 valence electrons.